The molecule has 6 nitrogen and oxygen atoms in total. The molecule has 1 N–H and O–H groups in total. The molecule has 0 saturated heterocycles. The number of carbonyl (C=O) groups is 1. The fourth-order valence-corrected chi connectivity index (χ4v) is 2.55. The van der Waals surface area contributed by atoms with Crippen molar-refractivity contribution < 1.29 is 14.5 Å². The quantitative estimate of drug-likeness (QED) is 0.497. The molecule has 1 amide bonds. The Bertz CT molecular complexity index is 596. The topological polar surface area (TPSA) is 81.5 Å². The molecule has 0 saturated carbocycles. The van der Waals surface area contributed by atoms with E-state index in [-0.39, 0.29) is 17.2 Å². The number of allylic oxidation sites excluding steroid dienone is 1. The molecule has 1 aromatic rings. The molecule has 0 aromatic heterocycles. The number of nitro benzene ring substituents is 1. The molecule has 0 radical (unpaired) electrons. The van der Waals surface area contributed by atoms with Gasteiger partial charge in [0.1, 0.15) is 5.75 Å². The Hall–Kier alpha value is -2.37. The number of hydrogen-bond donors (Lipinski definition) is 1. The second kappa shape index (κ2) is 7.59. The van der Waals surface area contributed by atoms with E-state index in [1.165, 1.54) is 43.7 Å². The maximum absolute atomic E-state index is 12.2. The number of amides is 1. The minimum atomic E-state index is -0.525. The summed E-state index contributed by atoms with van der Waals surface area (Å²) < 4.78 is 5.10. The summed E-state index contributed by atoms with van der Waals surface area (Å²) in [6.07, 6.45) is 7.71. The number of nitrogens with zero attached hydrogens (tertiary/aromatic N) is 1. The Labute approximate surface area is 129 Å². The highest BCUT2D eigenvalue weighted by atomic mass is 16.6. The van der Waals surface area contributed by atoms with Crippen LogP contribution >= 0.6 is 0 Å². The van der Waals surface area contributed by atoms with Gasteiger partial charge in [0, 0.05) is 18.7 Å². The van der Waals surface area contributed by atoms with Gasteiger partial charge in [0.2, 0.25) is 0 Å². The summed E-state index contributed by atoms with van der Waals surface area (Å²) in [7, 11) is 1.44. The molecule has 6 heteroatoms. The van der Waals surface area contributed by atoms with Gasteiger partial charge in [-0.1, -0.05) is 11.6 Å². The lowest BCUT2D eigenvalue weighted by Gasteiger charge is -2.13. The molecule has 0 atom stereocenters. The highest BCUT2D eigenvalue weighted by Crippen LogP contribution is 2.24. The zero-order valence-corrected chi connectivity index (χ0v) is 12.6. The summed E-state index contributed by atoms with van der Waals surface area (Å²) in [5.74, 6) is -0.0167. The van der Waals surface area contributed by atoms with E-state index in [1.54, 1.807) is 0 Å². The molecule has 1 aromatic carbocycles. The van der Waals surface area contributed by atoms with Crippen molar-refractivity contribution in [1.29, 1.82) is 0 Å². The van der Waals surface area contributed by atoms with Crippen LogP contribution < -0.4 is 10.1 Å². The van der Waals surface area contributed by atoms with Gasteiger partial charge in [-0.25, -0.2) is 0 Å². The van der Waals surface area contributed by atoms with Gasteiger partial charge in [-0.15, -0.1) is 0 Å². The largest absolute Gasteiger partial charge is 0.496 e. The van der Waals surface area contributed by atoms with Crippen LogP contribution in [0.3, 0.4) is 0 Å². The zero-order valence-electron chi connectivity index (χ0n) is 12.6. The number of hydrogen-bond acceptors (Lipinski definition) is 4. The van der Waals surface area contributed by atoms with Crippen LogP contribution in [0.5, 0.6) is 5.75 Å². The average Bonchev–Trinajstić information content (AvgIpc) is 2.55. The van der Waals surface area contributed by atoms with E-state index < -0.39 is 4.92 Å². The minimum absolute atomic E-state index is 0.124. The molecule has 0 spiro atoms. The molecule has 0 bridgehead atoms. The zero-order chi connectivity index (χ0) is 15.9. The van der Waals surface area contributed by atoms with E-state index in [0.717, 1.165) is 19.3 Å². The van der Waals surface area contributed by atoms with Crippen molar-refractivity contribution in [2.45, 2.75) is 32.1 Å². The number of nitrogens with one attached hydrogen (secondary N) is 1. The molecule has 1 aliphatic rings. The number of non-ortho nitro benzene ring substituents is 1. The van der Waals surface area contributed by atoms with Crippen molar-refractivity contribution in [2.24, 2.45) is 0 Å². The fraction of sp³-hybridized carbons (Fsp3) is 0.438. The number of carbonyl (C=O) groups excluding carboxylic acids is 1. The van der Waals surface area contributed by atoms with E-state index >= 15 is 0 Å². The average molecular weight is 304 g/mol. The van der Waals surface area contributed by atoms with Crippen molar-refractivity contribution in [3.8, 4) is 5.75 Å². The van der Waals surface area contributed by atoms with E-state index in [2.05, 4.69) is 11.4 Å². The molecular weight excluding hydrogens is 284 g/mol. The molecule has 118 valence electrons. The molecular formula is C16H20N2O4. The van der Waals surface area contributed by atoms with Crippen LogP contribution in [-0.4, -0.2) is 24.5 Å². The van der Waals surface area contributed by atoms with Crippen molar-refractivity contribution >= 4 is 11.6 Å². The predicted molar refractivity (Wildman–Crippen MR) is 83.1 cm³/mol. The summed E-state index contributed by atoms with van der Waals surface area (Å²) >= 11 is 0. The van der Waals surface area contributed by atoms with Crippen LogP contribution in [0, 0.1) is 10.1 Å². The summed E-state index contributed by atoms with van der Waals surface area (Å²) in [6.45, 7) is 0.524. The van der Waals surface area contributed by atoms with Crippen LogP contribution in [0.4, 0.5) is 5.69 Å². The summed E-state index contributed by atoms with van der Waals surface area (Å²) in [5.41, 5.74) is 1.44. The maximum atomic E-state index is 12.2. The Morgan fingerprint density at radius 2 is 2.23 bits per heavy atom. The number of rotatable bonds is 6. The highest BCUT2D eigenvalue weighted by Gasteiger charge is 2.17. The predicted octanol–water partition coefficient (Wildman–Crippen LogP) is 3.22. The summed E-state index contributed by atoms with van der Waals surface area (Å²) in [6, 6.07) is 4.01. The normalized spacial score (nSPS) is 14.1. The fourth-order valence-electron chi connectivity index (χ4n) is 2.55. The summed E-state index contributed by atoms with van der Waals surface area (Å²) in [5, 5.41) is 13.6. The second-order valence-electron chi connectivity index (χ2n) is 5.26. The number of ether oxygens (including phenoxy) is 1. The molecule has 0 fully saturated rings. The standard InChI is InChI=1S/C16H20N2O4/c1-22-15-8-7-13(18(20)21)11-14(15)16(19)17-10-9-12-5-3-2-4-6-12/h5,7-8,11H,2-4,6,9-10H2,1H3,(H,17,19). The van der Waals surface area contributed by atoms with E-state index in [9.17, 15) is 14.9 Å². The first-order chi connectivity index (χ1) is 10.6. The first kappa shape index (κ1) is 16.0. The Balaban J connectivity index is 2.00. The van der Waals surface area contributed by atoms with Crippen LogP contribution in [0.1, 0.15) is 42.5 Å². The van der Waals surface area contributed by atoms with E-state index in [1.807, 2.05) is 0 Å². The van der Waals surface area contributed by atoms with Crippen LogP contribution in [-0.2, 0) is 0 Å². The van der Waals surface area contributed by atoms with Crippen LogP contribution in [0.15, 0.2) is 29.8 Å². The third-order valence-corrected chi connectivity index (χ3v) is 3.76. The molecule has 0 heterocycles. The van der Waals surface area contributed by atoms with Crippen LogP contribution in [0.25, 0.3) is 0 Å². The third-order valence-electron chi connectivity index (χ3n) is 3.76. The number of methoxy groups -OCH3 is 1. The molecule has 2 rings (SSSR count). The lowest BCUT2D eigenvalue weighted by Crippen LogP contribution is -2.25. The van der Waals surface area contributed by atoms with Gasteiger partial charge in [-0.05, 0) is 38.2 Å². The van der Waals surface area contributed by atoms with Gasteiger partial charge in [0.05, 0.1) is 17.6 Å². The lowest BCUT2D eigenvalue weighted by molar-refractivity contribution is -0.384. The van der Waals surface area contributed by atoms with Gasteiger partial charge in [-0.3, -0.25) is 14.9 Å². The van der Waals surface area contributed by atoms with Gasteiger partial charge < -0.3 is 10.1 Å². The highest BCUT2D eigenvalue weighted by molar-refractivity contribution is 5.97. The van der Waals surface area contributed by atoms with Crippen molar-refractivity contribution in [3.05, 3.63) is 45.5 Å². The smallest absolute Gasteiger partial charge is 0.270 e. The van der Waals surface area contributed by atoms with E-state index in [0.29, 0.717) is 12.3 Å². The molecule has 0 unspecified atom stereocenters. The van der Waals surface area contributed by atoms with Gasteiger partial charge in [0.15, 0.2) is 0 Å². The Morgan fingerprint density at radius 1 is 1.41 bits per heavy atom. The Morgan fingerprint density at radius 3 is 2.86 bits per heavy atom. The van der Waals surface area contributed by atoms with Crippen molar-refractivity contribution in [3.63, 3.8) is 0 Å². The minimum Gasteiger partial charge on any atom is -0.496 e. The number of nitro groups is 1. The van der Waals surface area contributed by atoms with Gasteiger partial charge in [0.25, 0.3) is 11.6 Å². The molecule has 22 heavy (non-hydrogen) atoms. The lowest BCUT2D eigenvalue weighted by atomic mass is 9.97. The summed E-state index contributed by atoms with van der Waals surface area (Å²) in [4.78, 5) is 22.5. The molecule has 0 aliphatic heterocycles. The van der Waals surface area contributed by atoms with Crippen molar-refractivity contribution in [1.82, 2.24) is 5.32 Å². The number of benzene rings is 1. The Kier molecular flexibility index (Phi) is 5.52. The maximum Gasteiger partial charge on any atom is 0.270 e. The van der Waals surface area contributed by atoms with Crippen molar-refractivity contribution in [2.75, 3.05) is 13.7 Å². The van der Waals surface area contributed by atoms with Crippen LogP contribution in [0.2, 0.25) is 0 Å². The monoisotopic (exact) mass is 304 g/mol. The van der Waals surface area contributed by atoms with E-state index in [4.69, 9.17) is 4.74 Å². The first-order valence-corrected chi connectivity index (χ1v) is 7.40. The van der Waals surface area contributed by atoms with Gasteiger partial charge >= 0.3 is 0 Å². The molecule has 1 aliphatic carbocycles. The SMILES string of the molecule is COc1ccc([N+](=O)[O-])cc1C(=O)NCCC1=CCCCC1. The van der Waals surface area contributed by atoms with Gasteiger partial charge in [-0.2, -0.15) is 0 Å². The first-order valence-electron chi connectivity index (χ1n) is 7.40. The second-order valence-corrected chi connectivity index (χ2v) is 5.26. The third kappa shape index (κ3) is 4.07.